The maximum Gasteiger partial charge on any atom is 0.508 e. The molecule has 1 aliphatic heterocycles. The number of nitrogens with one attached hydrogen (secondary N) is 4. The van der Waals surface area contributed by atoms with Crippen molar-refractivity contribution in [3.8, 4) is 0 Å². The standard InChI is InChI=1S/C35H59N5O8/c1-11-13-24(27(41)30(43)36-17-12-2)37-29(42)26-23(21(3)4)16-18-40(26)31(44)28(35(8,9)10)39-32(45)38-25(34(5,6)7)20-48-33(46)47-19-22-14-15-22/h12,21-26,28H,2,11,13-20H2,1,3-10H3,(H,36,43)(H,37,42)(H2,38,39,45)/t23?,24?,25-,26+,28-/m1/s1. The molecule has 0 aromatic carbocycles. The summed E-state index contributed by atoms with van der Waals surface area (Å²) in [5, 5.41) is 10.9. The number of likely N-dealkylation sites (tertiary alicyclic amines) is 1. The van der Waals surface area contributed by atoms with Gasteiger partial charge in [-0.05, 0) is 54.3 Å². The molecule has 1 saturated heterocycles. The molecule has 2 aliphatic rings. The fourth-order valence-corrected chi connectivity index (χ4v) is 5.64. The van der Waals surface area contributed by atoms with Gasteiger partial charge in [0.05, 0.1) is 18.7 Å². The highest BCUT2D eigenvalue weighted by Gasteiger charge is 2.48. The highest BCUT2D eigenvalue weighted by atomic mass is 16.7. The number of Topliss-reactive ketones (excluding diaryl/α,β-unsaturated/α-hetero) is 1. The van der Waals surface area contributed by atoms with Gasteiger partial charge < -0.3 is 35.6 Å². The topological polar surface area (TPSA) is 172 Å². The molecule has 1 aliphatic carbocycles. The van der Waals surface area contributed by atoms with Crippen LogP contribution in [0.4, 0.5) is 9.59 Å². The lowest BCUT2D eigenvalue weighted by Gasteiger charge is -2.38. The molecule has 5 amide bonds. The minimum absolute atomic E-state index is 0.0302. The van der Waals surface area contributed by atoms with Crippen LogP contribution in [0.1, 0.15) is 94.4 Å². The van der Waals surface area contributed by atoms with Gasteiger partial charge in [-0.2, -0.15) is 0 Å². The van der Waals surface area contributed by atoms with Crippen molar-refractivity contribution in [2.75, 3.05) is 26.3 Å². The van der Waals surface area contributed by atoms with E-state index in [0.29, 0.717) is 25.4 Å². The first-order valence-electron chi connectivity index (χ1n) is 17.2. The van der Waals surface area contributed by atoms with Gasteiger partial charge in [0, 0.05) is 13.1 Å². The number of hydrogen-bond acceptors (Lipinski definition) is 8. The van der Waals surface area contributed by atoms with Crippen LogP contribution in [-0.4, -0.2) is 91.1 Å². The van der Waals surface area contributed by atoms with E-state index in [1.807, 2.05) is 62.3 Å². The third-order valence-corrected chi connectivity index (χ3v) is 8.93. The molecule has 0 spiro atoms. The fourth-order valence-electron chi connectivity index (χ4n) is 5.64. The molecule has 1 saturated carbocycles. The van der Waals surface area contributed by atoms with Gasteiger partial charge in [-0.15, -0.1) is 6.58 Å². The minimum Gasteiger partial charge on any atom is -0.434 e. The van der Waals surface area contributed by atoms with Crippen LogP contribution in [0, 0.1) is 28.6 Å². The maximum atomic E-state index is 14.3. The van der Waals surface area contributed by atoms with Crippen molar-refractivity contribution in [1.29, 1.82) is 0 Å². The Balaban J connectivity index is 2.24. The summed E-state index contributed by atoms with van der Waals surface area (Å²) in [6.45, 7) is 21.0. The van der Waals surface area contributed by atoms with Crippen molar-refractivity contribution in [1.82, 2.24) is 26.2 Å². The Morgan fingerprint density at radius 3 is 2.08 bits per heavy atom. The number of carbonyl (C=O) groups is 6. The zero-order chi connectivity index (χ0) is 36.4. The van der Waals surface area contributed by atoms with Gasteiger partial charge in [0.15, 0.2) is 0 Å². The molecule has 48 heavy (non-hydrogen) atoms. The molecule has 0 aromatic rings. The Kier molecular flexibility index (Phi) is 14.9. The van der Waals surface area contributed by atoms with Crippen molar-refractivity contribution < 1.29 is 38.2 Å². The van der Waals surface area contributed by atoms with Crippen molar-refractivity contribution >= 4 is 35.7 Å². The van der Waals surface area contributed by atoms with E-state index in [0.717, 1.165) is 12.8 Å². The Morgan fingerprint density at radius 2 is 1.56 bits per heavy atom. The van der Waals surface area contributed by atoms with Gasteiger partial charge in [-0.1, -0.05) is 74.8 Å². The van der Waals surface area contributed by atoms with E-state index in [2.05, 4.69) is 27.8 Å². The number of amides is 5. The molecule has 272 valence electrons. The second-order valence-corrected chi connectivity index (χ2v) is 15.5. The van der Waals surface area contributed by atoms with Gasteiger partial charge in [0.2, 0.25) is 17.6 Å². The highest BCUT2D eigenvalue weighted by Crippen LogP contribution is 2.34. The van der Waals surface area contributed by atoms with Crippen LogP contribution in [0.3, 0.4) is 0 Å². The van der Waals surface area contributed by atoms with Crippen molar-refractivity contribution in [2.24, 2.45) is 28.6 Å². The second kappa shape index (κ2) is 17.7. The first kappa shape index (κ1) is 40.5. The average Bonchev–Trinajstić information content (AvgIpc) is 3.72. The predicted molar refractivity (Wildman–Crippen MR) is 182 cm³/mol. The van der Waals surface area contributed by atoms with E-state index in [1.165, 1.54) is 11.0 Å². The summed E-state index contributed by atoms with van der Waals surface area (Å²) >= 11 is 0. The molecule has 0 aromatic heterocycles. The first-order chi connectivity index (χ1) is 22.3. The molecule has 2 unspecified atom stereocenters. The maximum absolute atomic E-state index is 14.3. The number of hydrogen-bond donors (Lipinski definition) is 4. The van der Waals surface area contributed by atoms with E-state index in [4.69, 9.17) is 9.47 Å². The van der Waals surface area contributed by atoms with Crippen molar-refractivity contribution in [3.05, 3.63) is 12.7 Å². The molecule has 0 bridgehead atoms. The van der Waals surface area contributed by atoms with E-state index in [1.54, 1.807) is 0 Å². The van der Waals surface area contributed by atoms with Crippen LogP contribution in [0.5, 0.6) is 0 Å². The number of urea groups is 1. The summed E-state index contributed by atoms with van der Waals surface area (Å²) < 4.78 is 10.5. The lowest BCUT2D eigenvalue weighted by atomic mass is 9.84. The zero-order valence-corrected chi connectivity index (χ0v) is 30.4. The van der Waals surface area contributed by atoms with Crippen LogP contribution in [0.2, 0.25) is 0 Å². The van der Waals surface area contributed by atoms with E-state index in [-0.39, 0.29) is 38.0 Å². The molecule has 1 heterocycles. The van der Waals surface area contributed by atoms with Crippen molar-refractivity contribution in [2.45, 2.75) is 119 Å². The Bertz CT molecular complexity index is 1170. The number of nitrogens with zero attached hydrogens (tertiary/aromatic N) is 1. The second-order valence-electron chi connectivity index (χ2n) is 15.5. The Labute approximate surface area is 286 Å². The third kappa shape index (κ3) is 12.1. The lowest BCUT2D eigenvalue weighted by Crippen LogP contribution is -2.62. The minimum atomic E-state index is -1.05. The van der Waals surface area contributed by atoms with Gasteiger partial charge >= 0.3 is 12.2 Å². The molecular weight excluding hydrogens is 618 g/mol. The molecule has 13 heteroatoms. The van der Waals surface area contributed by atoms with E-state index in [9.17, 15) is 28.8 Å². The van der Waals surface area contributed by atoms with Gasteiger partial charge in [0.25, 0.3) is 5.91 Å². The number of ketones is 1. The molecule has 5 atom stereocenters. The molecule has 2 rings (SSSR count). The SMILES string of the molecule is C=CCNC(=O)C(=O)C(CCC)NC(=O)[C@@H]1C(C(C)C)CCN1C(=O)[C@@H](NC(=O)N[C@H](COC(=O)OCC1CC1)C(C)(C)C)C(C)(C)C. The van der Waals surface area contributed by atoms with Crippen LogP contribution in [0.25, 0.3) is 0 Å². The zero-order valence-electron chi connectivity index (χ0n) is 30.4. The summed E-state index contributed by atoms with van der Waals surface area (Å²) in [5.74, 6) is -2.32. The van der Waals surface area contributed by atoms with Gasteiger partial charge in [-0.25, -0.2) is 9.59 Å². The molecule has 2 fully saturated rings. The van der Waals surface area contributed by atoms with E-state index >= 15 is 0 Å². The summed E-state index contributed by atoms with van der Waals surface area (Å²) in [4.78, 5) is 80.6. The Hall–Kier alpha value is -3.64. The number of ether oxygens (including phenoxy) is 2. The predicted octanol–water partition coefficient (Wildman–Crippen LogP) is 3.71. The number of rotatable bonds is 16. The van der Waals surface area contributed by atoms with Crippen molar-refractivity contribution in [3.63, 3.8) is 0 Å². The summed E-state index contributed by atoms with van der Waals surface area (Å²) in [7, 11) is 0. The quantitative estimate of drug-likeness (QED) is 0.109. The van der Waals surface area contributed by atoms with Gasteiger partial charge in [0.1, 0.15) is 18.7 Å². The smallest absolute Gasteiger partial charge is 0.434 e. The molecule has 0 radical (unpaired) electrons. The molecule has 4 N–H and O–H groups in total. The average molecular weight is 678 g/mol. The highest BCUT2D eigenvalue weighted by molar-refractivity contribution is 6.38. The summed E-state index contributed by atoms with van der Waals surface area (Å²) in [6, 6.07) is -4.22. The summed E-state index contributed by atoms with van der Waals surface area (Å²) in [6.07, 6.45) is 4.07. The van der Waals surface area contributed by atoms with Crippen LogP contribution in [-0.2, 0) is 28.7 Å². The Morgan fingerprint density at radius 1 is 0.917 bits per heavy atom. The largest absolute Gasteiger partial charge is 0.508 e. The van der Waals surface area contributed by atoms with E-state index < -0.39 is 70.7 Å². The lowest BCUT2D eigenvalue weighted by molar-refractivity contribution is -0.144. The van der Waals surface area contributed by atoms with Crippen LogP contribution < -0.4 is 21.3 Å². The van der Waals surface area contributed by atoms with Gasteiger partial charge in [-0.3, -0.25) is 19.2 Å². The monoisotopic (exact) mass is 677 g/mol. The molecular formula is C35H59N5O8. The molecule has 13 nitrogen and oxygen atoms in total. The fraction of sp³-hybridized carbons (Fsp3) is 0.771. The third-order valence-electron chi connectivity index (χ3n) is 8.93. The van der Waals surface area contributed by atoms with Crippen LogP contribution in [0.15, 0.2) is 12.7 Å². The first-order valence-corrected chi connectivity index (χ1v) is 17.2. The normalized spacial score (nSPS) is 19.8. The number of carbonyl (C=O) groups excluding carboxylic acids is 6. The van der Waals surface area contributed by atoms with Crippen LogP contribution >= 0.6 is 0 Å². The summed E-state index contributed by atoms with van der Waals surface area (Å²) in [5.41, 5.74) is -1.26.